The molecule has 0 atom stereocenters. The fraction of sp³-hybridized carbons (Fsp3) is 0.107. The summed E-state index contributed by atoms with van der Waals surface area (Å²) in [6.07, 6.45) is 1.76. The number of amides is 2. The first kappa shape index (κ1) is 22.6. The highest BCUT2D eigenvalue weighted by molar-refractivity contribution is 7.13. The molecule has 0 saturated carbocycles. The third kappa shape index (κ3) is 4.46. The number of thiazole rings is 1. The van der Waals surface area contributed by atoms with Crippen molar-refractivity contribution in [2.24, 2.45) is 0 Å². The van der Waals surface area contributed by atoms with E-state index in [9.17, 15) is 9.59 Å². The van der Waals surface area contributed by atoms with Gasteiger partial charge >= 0.3 is 0 Å². The molecule has 0 N–H and O–H groups in total. The Labute approximate surface area is 207 Å². The predicted molar refractivity (Wildman–Crippen MR) is 136 cm³/mol. The van der Waals surface area contributed by atoms with Crippen LogP contribution in [0.1, 0.15) is 27.2 Å². The molecule has 0 fully saturated rings. The Morgan fingerprint density at radius 3 is 2.34 bits per heavy atom. The topological polar surface area (TPSA) is 68.7 Å². The molecule has 7 heteroatoms. The standard InChI is InChI=1S/C28H22N2O4S/c1-33-21-12-10-18(11-13-21)16-30-27(31)24-9-4-3-8-23(24)25(28(30)32)15-20-17-35-26(29-20)19-6-5-7-22(14-19)34-2/h3-15,17H,16H2,1-2H3/b25-15+. The van der Waals surface area contributed by atoms with Gasteiger partial charge in [0.25, 0.3) is 11.8 Å². The first-order valence-corrected chi connectivity index (χ1v) is 11.9. The van der Waals surface area contributed by atoms with Crippen LogP contribution in [0.4, 0.5) is 0 Å². The minimum absolute atomic E-state index is 0.166. The molecule has 35 heavy (non-hydrogen) atoms. The van der Waals surface area contributed by atoms with E-state index >= 15 is 0 Å². The average Bonchev–Trinajstić information content (AvgIpc) is 3.38. The zero-order chi connectivity index (χ0) is 24.4. The van der Waals surface area contributed by atoms with Crippen LogP contribution in [0.2, 0.25) is 0 Å². The normalized spacial score (nSPS) is 14.2. The summed E-state index contributed by atoms with van der Waals surface area (Å²) < 4.78 is 10.5. The molecule has 0 unspecified atom stereocenters. The van der Waals surface area contributed by atoms with Crippen molar-refractivity contribution >= 4 is 34.8 Å². The highest BCUT2D eigenvalue weighted by atomic mass is 32.1. The fourth-order valence-corrected chi connectivity index (χ4v) is 4.76. The van der Waals surface area contributed by atoms with Crippen molar-refractivity contribution < 1.29 is 19.1 Å². The fourth-order valence-electron chi connectivity index (χ4n) is 3.99. The lowest BCUT2D eigenvalue weighted by molar-refractivity contribution is -0.123. The van der Waals surface area contributed by atoms with Crippen LogP contribution in [0.15, 0.2) is 78.2 Å². The molecule has 4 aromatic rings. The lowest BCUT2D eigenvalue weighted by Gasteiger charge is -2.28. The van der Waals surface area contributed by atoms with Crippen LogP contribution in [0, 0.1) is 0 Å². The highest BCUT2D eigenvalue weighted by Gasteiger charge is 2.34. The van der Waals surface area contributed by atoms with Gasteiger partial charge in [0.05, 0.1) is 32.0 Å². The molecular weight excluding hydrogens is 460 g/mol. The summed E-state index contributed by atoms with van der Waals surface area (Å²) in [5, 5.41) is 2.72. The van der Waals surface area contributed by atoms with E-state index in [0.29, 0.717) is 28.1 Å². The molecule has 1 aliphatic heterocycles. The Bertz CT molecular complexity index is 1440. The van der Waals surface area contributed by atoms with Gasteiger partial charge in [-0.25, -0.2) is 4.98 Å². The molecule has 3 aromatic carbocycles. The summed E-state index contributed by atoms with van der Waals surface area (Å²) in [6.45, 7) is 0.166. The number of hydrogen-bond donors (Lipinski definition) is 0. The van der Waals surface area contributed by atoms with Crippen LogP contribution in [0.25, 0.3) is 22.2 Å². The molecule has 6 nitrogen and oxygen atoms in total. The molecule has 0 aliphatic carbocycles. The lowest BCUT2D eigenvalue weighted by atomic mass is 9.92. The number of aromatic nitrogens is 1. The first-order chi connectivity index (χ1) is 17.1. The van der Waals surface area contributed by atoms with Gasteiger partial charge in [-0.05, 0) is 42.0 Å². The van der Waals surface area contributed by atoms with Crippen molar-refractivity contribution in [1.29, 1.82) is 0 Å². The molecule has 1 aromatic heterocycles. The molecule has 0 bridgehead atoms. The Morgan fingerprint density at radius 1 is 0.857 bits per heavy atom. The summed E-state index contributed by atoms with van der Waals surface area (Å²) in [4.78, 5) is 32.8. The number of imide groups is 1. The maximum atomic E-state index is 13.6. The molecule has 0 saturated heterocycles. The van der Waals surface area contributed by atoms with Crippen LogP contribution in [-0.2, 0) is 11.3 Å². The van der Waals surface area contributed by atoms with Gasteiger partial charge in [0.1, 0.15) is 16.5 Å². The van der Waals surface area contributed by atoms with E-state index < -0.39 is 0 Å². The van der Waals surface area contributed by atoms with E-state index in [4.69, 9.17) is 14.5 Å². The number of hydrogen-bond acceptors (Lipinski definition) is 6. The van der Waals surface area contributed by atoms with Gasteiger partial charge in [-0.2, -0.15) is 0 Å². The van der Waals surface area contributed by atoms with Crippen molar-refractivity contribution in [1.82, 2.24) is 9.88 Å². The van der Waals surface area contributed by atoms with Crippen LogP contribution in [-0.4, -0.2) is 35.9 Å². The maximum Gasteiger partial charge on any atom is 0.261 e. The third-order valence-electron chi connectivity index (χ3n) is 5.80. The van der Waals surface area contributed by atoms with E-state index in [1.54, 1.807) is 38.5 Å². The smallest absolute Gasteiger partial charge is 0.261 e. The molecule has 174 valence electrons. The third-order valence-corrected chi connectivity index (χ3v) is 6.71. The zero-order valence-electron chi connectivity index (χ0n) is 19.2. The van der Waals surface area contributed by atoms with Crippen LogP contribution in [0.5, 0.6) is 11.5 Å². The molecule has 5 rings (SSSR count). The predicted octanol–water partition coefficient (Wildman–Crippen LogP) is 5.55. The van der Waals surface area contributed by atoms with E-state index in [1.807, 2.05) is 60.0 Å². The van der Waals surface area contributed by atoms with Crippen molar-refractivity contribution in [3.8, 4) is 22.1 Å². The zero-order valence-corrected chi connectivity index (χ0v) is 20.0. The van der Waals surface area contributed by atoms with E-state index in [1.165, 1.54) is 16.2 Å². The summed E-state index contributed by atoms with van der Waals surface area (Å²) in [5.74, 6) is 0.808. The number of ether oxygens (including phenoxy) is 2. The number of methoxy groups -OCH3 is 2. The van der Waals surface area contributed by atoms with Gasteiger partial charge in [-0.3, -0.25) is 14.5 Å². The first-order valence-electron chi connectivity index (χ1n) is 11.0. The van der Waals surface area contributed by atoms with E-state index in [0.717, 1.165) is 21.9 Å². The Morgan fingerprint density at radius 2 is 1.60 bits per heavy atom. The number of nitrogens with zero attached hydrogens (tertiary/aromatic N) is 2. The quantitative estimate of drug-likeness (QED) is 0.266. The molecule has 2 amide bonds. The van der Waals surface area contributed by atoms with Crippen molar-refractivity contribution in [2.45, 2.75) is 6.54 Å². The van der Waals surface area contributed by atoms with Gasteiger partial charge < -0.3 is 9.47 Å². The van der Waals surface area contributed by atoms with E-state index in [-0.39, 0.29) is 18.4 Å². The number of benzene rings is 3. The second kappa shape index (κ2) is 9.56. The molecule has 0 spiro atoms. The summed E-state index contributed by atoms with van der Waals surface area (Å²) in [7, 11) is 3.22. The van der Waals surface area contributed by atoms with Gasteiger partial charge in [0, 0.05) is 22.1 Å². The van der Waals surface area contributed by atoms with Gasteiger partial charge in [0.2, 0.25) is 0 Å². The van der Waals surface area contributed by atoms with Crippen LogP contribution >= 0.6 is 11.3 Å². The van der Waals surface area contributed by atoms with Crippen molar-refractivity contribution in [3.05, 3.63) is 101 Å². The largest absolute Gasteiger partial charge is 0.497 e. The number of rotatable bonds is 6. The Kier molecular flexibility index (Phi) is 6.16. The second-order valence-electron chi connectivity index (χ2n) is 7.96. The Hall–Kier alpha value is -4.23. The second-order valence-corrected chi connectivity index (χ2v) is 8.82. The van der Waals surface area contributed by atoms with E-state index in [2.05, 4.69) is 0 Å². The minimum Gasteiger partial charge on any atom is -0.497 e. The van der Waals surface area contributed by atoms with Crippen molar-refractivity contribution in [2.75, 3.05) is 14.2 Å². The molecule has 1 aliphatic rings. The summed E-state index contributed by atoms with van der Waals surface area (Å²) in [6, 6.07) is 22.2. The molecule has 0 radical (unpaired) electrons. The van der Waals surface area contributed by atoms with Gasteiger partial charge in [0.15, 0.2) is 0 Å². The number of carbonyl (C=O) groups is 2. The molecule has 2 heterocycles. The Balaban J connectivity index is 1.51. The van der Waals surface area contributed by atoms with Crippen molar-refractivity contribution in [3.63, 3.8) is 0 Å². The van der Waals surface area contributed by atoms with Crippen LogP contribution in [0.3, 0.4) is 0 Å². The summed E-state index contributed by atoms with van der Waals surface area (Å²) >= 11 is 1.49. The van der Waals surface area contributed by atoms with Crippen LogP contribution < -0.4 is 9.47 Å². The highest BCUT2D eigenvalue weighted by Crippen LogP contribution is 2.33. The number of carbonyl (C=O) groups excluding carboxylic acids is 2. The SMILES string of the molecule is COc1ccc(CN2C(=O)/C(=C/c3csc(-c4cccc(OC)c4)n3)c3ccccc3C2=O)cc1. The monoisotopic (exact) mass is 482 g/mol. The lowest BCUT2D eigenvalue weighted by Crippen LogP contribution is -2.41. The maximum absolute atomic E-state index is 13.6. The summed E-state index contributed by atoms with van der Waals surface area (Å²) in [5.41, 5.74) is 3.98. The van der Waals surface area contributed by atoms with Gasteiger partial charge in [-0.1, -0.05) is 42.5 Å². The average molecular weight is 483 g/mol. The number of fused-ring (bicyclic) bond motifs is 1. The minimum atomic E-state index is -0.347. The molecular formula is C28H22N2O4S. The van der Waals surface area contributed by atoms with Gasteiger partial charge in [-0.15, -0.1) is 11.3 Å².